The second-order valence-corrected chi connectivity index (χ2v) is 6.24. The van der Waals surface area contributed by atoms with Gasteiger partial charge in [-0.25, -0.2) is 9.97 Å². The monoisotopic (exact) mass is 274 g/mol. The van der Waals surface area contributed by atoms with Gasteiger partial charge in [-0.1, -0.05) is 0 Å². The van der Waals surface area contributed by atoms with Crippen LogP contribution in [-0.2, 0) is 16.4 Å². The van der Waals surface area contributed by atoms with Crippen molar-refractivity contribution in [2.24, 2.45) is 7.05 Å². The zero-order valence-corrected chi connectivity index (χ0v) is 12.5. The van der Waals surface area contributed by atoms with Crippen LogP contribution in [0.3, 0.4) is 0 Å². The number of nitrogen functional groups attached to an aromatic ring is 1. The molecule has 0 atom stereocenters. The third-order valence-corrected chi connectivity index (χ3v) is 4.32. The highest BCUT2D eigenvalue weighted by Crippen LogP contribution is 2.37. The number of nitrogens with two attached hydrogens (primary N) is 1. The van der Waals surface area contributed by atoms with Gasteiger partial charge in [0.2, 0.25) is 0 Å². The van der Waals surface area contributed by atoms with Crippen LogP contribution in [0.25, 0.3) is 11.0 Å². The largest absolute Gasteiger partial charge is 0.497 e. The van der Waals surface area contributed by atoms with Crippen LogP contribution in [0.2, 0.25) is 0 Å². The highest BCUT2D eigenvalue weighted by molar-refractivity contribution is 6.65. The van der Waals surface area contributed by atoms with Crippen LogP contribution >= 0.6 is 0 Å². The van der Waals surface area contributed by atoms with Crippen molar-refractivity contribution in [3.8, 4) is 0 Å². The fraction of sp³-hybridized carbons (Fsp3) is 0.538. The lowest BCUT2D eigenvalue weighted by Crippen LogP contribution is -2.41. The Bertz CT molecular complexity index is 664. The van der Waals surface area contributed by atoms with Gasteiger partial charge in [0.05, 0.1) is 16.6 Å². The lowest BCUT2D eigenvalue weighted by Gasteiger charge is -2.32. The molecule has 20 heavy (non-hydrogen) atoms. The van der Waals surface area contributed by atoms with Gasteiger partial charge >= 0.3 is 7.12 Å². The van der Waals surface area contributed by atoms with E-state index >= 15 is 0 Å². The summed E-state index contributed by atoms with van der Waals surface area (Å²) in [4.78, 5) is 8.33. The Morgan fingerprint density at radius 3 is 2.35 bits per heavy atom. The number of nitrogens with zero attached hydrogens (tertiary/aromatic N) is 3. The molecule has 2 N–H and O–H groups in total. The minimum Gasteiger partial charge on any atom is -0.399 e. The van der Waals surface area contributed by atoms with E-state index in [4.69, 9.17) is 15.0 Å². The van der Waals surface area contributed by atoms with Crippen molar-refractivity contribution in [1.82, 2.24) is 14.5 Å². The third kappa shape index (κ3) is 1.73. The molecule has 0 radical (unpaired) electrons. The van der Waals surface area contributed by atoms with E-state index in [1.165, 1.54) is 6.33 Å². The summed E-state index contributed by atoms with van der Waals surface area (Å²) in [7, 11) is 1.46. The molecule has 7 heteroatoms. The van der Waals surface area contributed by atoms with Gasteiger partial charge in [0, 0.05) is 18.7 Å². The van der Waals surface area contributed by atoms with Gasteiger partial charge in [0.1, 0.15) is 17.8 Å². The van der Waals surface area contributed by atoms with E-state index < -0.39 is 7.12 Å². The van der Waals surface area contributed by atoms with Gasteiger partial charge < -0.3 is 19.6 Å². The fourth-order valence-corrected chi connectivity index (χ4v) is 2.42. The summed E-state index contributed by atoms with van der Waals surface area (Å²) in [6, 6.07) is 0. The van der Waals surface area contributed by atoms with Crippen molar-refractivity contribution in [3.05, 3.63) is 12.5 Å². The minimum atomic E-state index is -0.461. The molecule has 0 spiro atoms. The molecule has 2 aromatic rings. The van der Waals surface area contributed by atoms with E-state index in [1.807, 2.05) is 45.5 Å². The predicted octanol–water partition coefficient (Wildman–Crippen LogP) is 0.850. The molecule has 1 fully saturated rings. The molecule has 2 aromatic heterocycles. The molecule has 0 bridgehead atoms. The van der Waals surface area contributed by atoms with Gasteiger partial charge in [-0.2, -0.15) is 0 Å². The number of hydrogen-bond acceptors (Lipinski definition) is 5. The normalized spacial score (nSPS) is 20.8. The lowest BCUT2D eigenvalue weighted by atomic mass is 9.79. The molecule has 6 nitrogen and oxygen atoms in total. The predicted molar refractivity (Wildman–Crippen MR) is 78.6 cm³/mol. The third-order valence-electron chi connectivity index (χ3n) is 4.32. The van der Waals surface area contributed by atoms with Gasteiger partial charge in [-0.15, -0.1) is 0 Å². The maximum atomic E-state index is 6.08. The number of rotatable bonds is 1. The number of aryl methyl sites for hydroxylation is 1. The van der Waals surface area contributed by atoms with Crippen molar-refractivity contribution >= 4 is 29.4 Å². The Hall–Kier alpha value is -1.60. The van der Waals surface area contributed by atoms with Crippen LogP contribution in [0.15, 0.2) is 12.5 Å². The standard InChI is InChI=1S/C13H19BN4O2/c1-12(2)13(3,4)20-14(19-12)8-6-18(5)11-9(8)10(15)16-7-17-11/h6-7H,1-5H3,(H2,15,16,17). The summed E-state index contributed by atoms with van der Waals surface area (Å²) in [6.45, 7) is 8.10. The fourth-order valence-electron chi connectivity index (χ4n) is 2.42. The van der Waals surface area contributed by atoms with E-state index in [2.05, 4.69) is 9.97 Å². The molecule has 106 valence electrons. The number of aromatic nitrogens is 3. The van der Waals surface area contributed by atoms with Gasteiger partial charge in [-0.05, 0) is 27.7 Å². The average molecular weight is 274 g/mol. The van der Waals surface area contributed by atoms with E-state index in [9.17, 15) is 0 Å². The zero-order chi connectivity index (χ0) is 14.7. The van der Waals surface area contributed by atoms with E-state index in [0.717, 1.165) is 16.5 Å². The summed E-state index contributed by atoms with van der Waals surface area (Å²) in [5.74, 6) is 0.445. The topological polar surface area (TPSA) is 75.2 Å². The molecule has 0 aliphatic carbocycles. The molecule has 3 rings (SSSR count). The zero-order valence-electron chi connectivity index (χ0n) is 12.5. The molecule has 0 amide bonds. The first-order valence-electron chi connectivity index (χ1n) is 6.64. The van der Waals surface area contributed by atoms with Crippen molar-refractivity contribution in [1.29, 1.82) is 0 Å². The van der Waals surface area contributed by atoms with Crippen molar-refractivity contribution in [3.63, 3.8) is 0 Å². The molecule has 1 aliphatic heterocycles. The van der Waals surface area contributed by atoms with Gasteiger partial charge in [-0.3, -0.25) is 0 Å². The van der Waals surface area contributed by atoms with E-state index in [0.29, 0.717) is 5.82 Å². The summed E-state index contributed by atoms with van der Waals surface area (Å²) >= 11 is 0. The highest BCUT2D eigenvalue weighted by atomic mass is 16.7. The van der Waals surface area contributed by atoms with Gasteiger partial charge in [0.15, 0.2) is 0 Å². The first-order valence-corrected chi connectivity index (χ1v) is 6.64. The second-order valence-electron chi connectivity index (χ2n) is 6.24. The van der Waals surface area contributed by atoms with Crippen LogP contribution < -0.4 is 11.2 Å². The molecule has 1 aliphatic rings. The SMILES string of the molecule is Cn1cc(B2OC(C)(C)C(C)(C)O2)c2c(N)ncnc21. The smallest absolute Gasteiger partial charge is 0.399 e. The number of fused-ring (bicyclic) bond motifs is 1. The van der Waals surface area contributed by atoms with Gasteiger partial charge in [0.25, 0.3) is 0 Å². The van der Waals surface area contributed by atoms with Crippen LogP contribution in [-0.4, -0.2) is 32.9 Å². The summed E-state index contributed by atoms with van der Waals surface area (Å²) < 4.78 is 14.1. The Morgan fingerprint density at radius 2 is 1.75 bits per heavy atom. The molecule has 0 unspecified atom stereocenters. The average Bonchev–Trinajstić information content (AvgIpc) is 2.76. The summed E-state index contributed by atoms with van der Waals surface area (Å²) in [5, 5.41) is 0.800. The molecule has 1 saturated heterocycles. The van der Waals surface area contributed by atoms with Crippen molar-refractivity contribution in [2.45, 2.75) is 38.9 Å². The first-order chi connectivity index (χ1) is 9.23. The highest BCUT2D eigenvalue weighted by Gasteiger charge is 2.52. The number of hydrogen-bond donors (Lipinski definition) is 1. The Morgan fingerprint density at radius 1 is 1.15 bits per heavy atom. The second kappa shape index (κ2) is 3.96. The molecular weight excluding hydrogens is 255 g/mol. The summed E-state index contributed by atoms with van der Waals surface area (Å²) in [6.07, 6.45) is 3.41. The quantitative estimate of drug-likeness (QED) is 0.780. The maximum absolute atomic E-state index is 6.08. The van der Waals surface area contributed by atoms with Crippen LogP contribution in [0.1, 0.15) is 27.7 Å². The van der Waals surface area contributed by atoms with Crippen LogP contribution in [0.5, 0.6) is 0 Å². The molecule has 0 saturated carbocycles. The van der Waals surface area contributed by atoms with Crippen LogP contribution in [0.4, 0.5) is 5.82 Å². The first kappa shape index (κ1) is 13.4. The van der Waals surface area contributed by atoms with E-state index in [-0.39, 0.29) is 11.2 Å². The molecule has 0 aromatic carbocycles. The van der Waals surface area contributed by atoms with Crippen molar-refractivity contribution < 1.29 is 9.31 Å². The Labute approximate surface area is 118 Å². The Balaban J connectivity index is 2.13. The van der Waals surface area contributed by atoms with Crippen LogP contribution in [0, 0.1) is 0 Å². The molecule has 3 heterocycles. The summed E-state index contributed by atoms with van der Waals surface area (Å²) in [5.41, 5.74) is 6.88. The maximum Gasteiger partial charge on any atom is 0.497 e. The lowest BCUT2D eigenvalue weighted by molar-refractivity contribution is 0.00578. The minimum absolute atomic E-state index is 0.385. The van der Waals surface area contributed by atoms with Crippen molar-refractivity contribution in [2.75, 3.05) is 5.73 Å². The molecular formula is C13H19BN4O2. The van der Waals surface area contributed by atoms with E-state index in [1.54, 1.807) is 0 Å². The number of anilines is 1. The Kier molecular flexibility index (Phi) is 2.65.